The minimum atomic E-state index is -3.97. The molecule has 0 aliphatic heterocycles. The number of nitrogens with one attached hydrogen (secondary N) is 1. The van der Waals surface area contributed by atoms with Gasteiger partial charge in [-0.3, -0.25) is 4.79 Å². The SMILES string of the molecule is N#CC1(c2ccc(NC(=O)CN(Cc3ccc(Br)cc3)S(=O)(=O)c3ccc(Cl)cc3)cc2)CC1. The summed E-state index contributed by atoms with van der Waals surface area (Å²) in [5, 5.41) is 12.5. The number of hydrogen-bond acceptors (Lipinski definition) is 4. The van der Waals surface area contributed by atoms with Crippen LogP contribution in [0.15, 0.2) is 82.2 Å². The second-order valence-electron chi connectivity index (χ2n) is 8.17. The van der Waals surface area contributed by atoms with E-state index in [9.17, 15) is 18.5 Å². The van der Waals surface area contributed by atoms with Crippen LogP contribution in [0.25, 0.3) is 0 Å². The maximum absolute atomic E-state index is 13.4. The molecule has 3 aromatic rings. The molecular formula is C25H21BrClN3O3S. The fourth-order valence-electron chi connectivity index (χ4n) is 3.60. The van der Waals surface area contributed by atoms with Gasteiger partial charge in [-0.25, -0.2) is 8.42 Å². The van der Waals surface area contributed by atoms with Gasteiger partial charge in [0.1, 0.15) is 0 Å². The Kier molecular flexibility index (Phi) is 7.10. The molecule has 174 valence electrons. The zero-order valence-electron chi connectivity index (χ0n) is 18.0. The summed E-state index contributed by atoms with van der Waals surface area (Å²) in [5.74, 6) is -0.469. The van der Waals surface area contributed by atoms with Gasteiger partial charge in [-0.05, 0) is 72.5 Å². The van der Waals surface area contributed by atoms with Crippen molar-refractivity contribution in [1.82, 2.24) is 4.31 Å². The van der Waals surface area contributed by atoms with E-state index in [-0.39, 0.29) is 18.0 Å². The van der Waals surface area contributed by atoms with E-state index in [4.69, 9.17) is 11.6 Å². The number of carbonyl (C=O) groups is 1. The molecule has 0 saturated heterocycles. The van der Waals surface area contributed by atoms with Crippen molar-refractivity contribution >= 4 is 49.1 Å². The van der Waals surface area contributed by atoms with Gasteiger partial charge in [0.25, 0.3) is 0 Å². The first-order valence-electron chi connectivity index (χ1n) is 10.5. The van der Waals surface area contributed by atoms with E-state index in [0.29, 0.717) is 10.7 Å². The summed E-state index contributed by atoms with van der Waals surface area (Å²) in [4.78, 5) is 12.9. The van der Waals surface area contributed by atoms with Crippen molar-refractivity contribution in [2.24, 2.45) is 0 Å². The highest BCUT2D eigenvalue weighted by atomic mass is 79.9. The zero-order chi connectivity index (χ0) is 24.3. The largest absolute Gasteiger partial charge is 0.325 e. The van der Waals surface area contributed by atoms with Crippen molar-refractivity contribution in [3.05, 3.63) is 93.4 Å². The topological polar surface area (TPSA) is 90.3 Å². The Morgan fingerprint density at radius 2 is 1.65 bits per heavy atom. The van der Waals surface area contributed by atoms with Gasteiger partial charge in [-0.1, -0.05) is 51.8 Å². The monoisotopic (exact) mass is 557 g/mol. The fourth-order valence-corrected chi connectivity index (χ4v) is 5.37. The molecule has 6 nitrogen and oxygen atoms in total. The molecule has 9 heteroatoms. The Labute approximate surface area is 212 Å². The first-order valence-corrected chi connectivity index (χ1v) is 13.1. The van der Waals surface area contributed by atoms with Crippen LogP contribution in [0.4, 0.5) is 5.69 Å². The van der Waals surface area contributed by atoms with Gasteiger partial charge in [0.15, 0.2) is 0 Å². The molecular weight excluding hydrogens is 538 g/mol. The van der Waals surface area contributed by atoms with Crippen LogP contribution in [0, 0.1) is 11.3 Å². The van der Waals surface area contributed by atoms with Crippen LogP contribution in [0.5, 0.6) is 0 Å². The van der Waals surface area contributed by atoms with Crippen LogP contribution in [-0.2, 0) is 26.8 Å². The number of carbonyl (C=O) groups excluding carboxylic acids is 1. The number of benzene rings is 3. The number of anilines is 1. The van der Waals surface area contributed by atoms with E-state index in [1.807, 2.05) is 24.3 Å². The lowest BCUT2D eigenvalue weighted by Crippen LogP contribution is -2.37. The van der Waals surface area contributed by atoms with Gasteiger partial charge in [-0.2, -0.15) is 9.57 Å². The molecule has 1 fully saturated rings. The summed E-state index contributed by atoms with van der Waals surface area (Å²) >= 11 is 9.29. The lowest BCUT2D eigenvalue weighted by Gasteiger charge is -2.22. The van der Waals surface area contributed by atoms with Crippen LogP contribution >= 0.6 is 27.5 Å². The van der Waals surface area contributed by atoms with Crippen molar-refractivity contribution in [3.63, 3.8) is 0 Å². The Morgan fingerprint density at radius 1 is 1.03 bits per heavy atom. The predicted octanol–water partition coefficient (Wildman–Crippen LogP) is 5.49. The molecule has 0 spiro atoms. The molecule has 0 heterocycles. The van der Waals surface area contributed by atoms with Gasteiger partial charge in [0.2, 0.25) is 15.9 Å². The van der Waals surface area contributed by atoms with Gasteiger partial charge >= 0.3 is 0 Å². The van der Waals surface area contributed by atoms with Crippen molar-refractivity contribution in [1.29, 1.82) is 5.26 Å². The average molecular weight is 559 g/mol. The van der Waals surface area contributed by atoms with Gasteiger partial charge in [0.05, 0.1) is 22.9 Å². The predicted molar refractivity (Wildman–Crippen MR) is 135 cm³/mol. The second kappa shape index (κ2) is 9.88. The summed E-state index contributed by atoms with van der Waals surface area (Å²) in [6.45, 7) is -0.347. The molecule has 0 unspecified atom stereocenters. The third kappa shape index (κ3) is 5.50. The molecule has 1 N–H and O–H groups in total. The highest BCUT2D eigenvalue weighted by molar-refractivity contribution is 9.10. The number of nitriles is 1. The highest BCUT2D eigenvalue weighted by Gasteiger charge is 2.44. The number of sulfonamides is 1. The van der Waals surface area contributed by atoms with E-state index >= 15 is 0 Å². The highest BCUT2D eigenvalue weighted by Crippen LogP contribution is 2.47. The molecule has 0 atom stereocenters. The summed E-state index contributed by atoms with van der Waals surface area (Å²) in [6, 6.07) is 22.6. The second-order valence-corrected chi connectivity index (χ2v) is 11.5. The third-order valence-electron chi connectivity index (χ3n) is 5.73. The van der Waals surface area contributed by atoms with E-state index in [2.05, 4.69) is 27.3 Å². The van der Waals surface area contributed by atoms with Crippen molar-refractivity contribution < 1.29 is 13.2 Å². The molecule has 1 amide bonds. The minimum Gasteiger partial charge on any atom is -0.325 e. The van der Waals surface area contributed by atoms with Crippen LogP contribution in [0.3, 0.4) is 0 Å². The van der Waals surface area contributed by atoms with Crippen molar-refractivity contribution in [2.45, 2.75) is 29.7 Å². The Balaban J connectivity index is 1.53. The average Bonchev–Trinajstić information content (AvgIpc) is 3.62. The standard InChI is InChI=1S/C25H21BrClN3O3S/c26-20-5-1-18(2-6-20)15-30(34(32,33)23-11-7-21(27)8-12-23)16-24(31)29-22-9-3-19(4-10-22)25(17-28)13-14-25/h1-12H,13-16H2,(H,29,31). The van der Waals surface area contributed by atoms with Crippen LogP contribution in [0.2, 0.25) is 5.02 Å². The Bertz CT molecular complexity index is 1330. The maximum atomic E-state index is 13.4. The molecule has 0 aromatic heterocycles. The third-order valence-corrected chi connectivity index (χ3v) is 8.32. The maximum Gasteiger partial charge on any atom is 0.243 e. The summed E-state index contributed by atoms with van der Waals surface area (Å²) in [6.07, 6.45) is 1.67. The first-order chi connectivity index (χ1) is 16.2. The van der Waals surface area contributed by atoms with E-state index in [1.165, 1.54) is 24.3 Å². The van der Waals surface area contributed by atoms with Gasteiger partial charge < -0.3 is 5.32 Å². The molecule has 3 aromatic carbocycles. The zero-order valence-corrected chi connectivity index (χ0v) is 21.2. The van der Waals surface area contributed by atoms with Crippen LogP contribution in [0.1, 0.15) is 24.0 Å². The molecule has 0 radical (unpaired) electrons. The molecule has 0 bridgehead atoms. The number of rotatable bonds is 8. The lowest BCUT2D eigenvalue weighted by molar-refractivity contribution is -0.116. The summed E-state index contributed by atoms with van der Waals surface area (Å²) < 4.78 is 28.7. The summed E-state index contributed by atoms with van der Waals surface area (Å²) in [7, 11) is -3.97. The van der Waals surface area contributed by atoms with Gasteiger partial charge in [0, 0.05) is 21.7 Å². The first kappa shape index (κ1) is 24.4. The van der Waals surface area contributed by atoms with Crippen molar-refractivity contribution in [2.75, 3.05) is 11.9 Å². The quantitative estimate of drug-likeness (QED) is 0.396. The molecule has 1 aliphatic carbocycles. The Hall–Kier alpha value is -2.70. The van der Waals surface area contributed by atoms with E-state index < -0.39 is 21.3 Å². The minimum absolute atomic E-state index is 0.0231. The molecule has 1 aliphatic rings. The number of amides is 1. The fraction of sp³-hybridized carbons (Fsp3) is 0.200. The van der Waals surface area contributed by atoms with Crippen LogP contribution < -0.4 is 5.32 Å². The number of nitrogens with zero attached hydrogens (tertiary/aromatic N) is 2. The van der Waals surface area contributed by atoms with Crippen molar-refractivity contribution in [3.8, 4) is 6.07 Å². The van der Waals surface area contributed by atoms with E-state index in [1.54, 1.807) is 24.3 Å². The molecule has 4 rings (SSSR count). The number of hydrogen-bond donors (Lipinski definition) is 1. The van der Waals surface area contributed by atoms with E-state index in [0.717, 1.165) is 32.7 Å². The lowest BCUT2D eigenvalue weighted by atomic mass is 9.98. The molecule has 34 heavy (non-hydrogen) atoms. The smallest absolute Gasteiger partial charge is 0.243 e. The summed E-state index contributed by atoms with van der Waals surface area (Å²) in [5.41, 5.74) is 1.80. The number of halogens is 2. The molecule has 1 saturated carbocycles. The van der Waals surface area contributed by atoms with Crippen LogP contribution in [-0.4, -0.2) is 25.2 Å². The Morgan fingerprint density at radius 3 is 2.21 bits per heavy atom. The normalized spacial score (nSPS) is 14.4. The van der Waals surface area contributed by atoms with Gasteiger partial charge in [-0.15, -0.1) is 0 Å².